The zero-order valence-corrected chi connectivity index (χ0v) is 11.5. The Bertz CT molecular complexity index is 525. The fourth-order valence-corrected chi connectivity index (χ4v) is 2.21. The zero-order valence-electron chi connectivity index (χ0n) is 8.41. The number of halogens is 3. The van der Waals surface area contributed by atoms with Crippen molar-refractivity contribution < 1.29 is 0 Å². The highest BCUT2D eigenvalue weighted by atomic mass is 79.9. The minimum absolute atomic E-state index is 0.335. The van der Waals surface area contributed by atoms with Crippen LogP contribution >= 0.6 is 39.1 Å². The smallest absolute Gasteiger partial charge is 0.164 e. The molecule has 6 heteroatoms. The monoisotopic (exact) mass is 319 g/mol. The van der Waals surface area contributed by atoms with Crippen molar-refractivity contribution in [3.63, 3.8) is 0 Å². The molecule has 0 amide bonds. The van der Waals surface area contributed by atoms with Gasteiger partial charge in [-0.2, -0.15) is 0 Å². The van der Waals surface area contributed by atoms with Gasteiger partial charge in [-0.15, -0.1) is 21.8 Å². The third-order valence-electron chi connectivity index (χ3n) is 2.25. The summed E-state index contributed by atoms with van der Waals surface area (Å²) in [6.45, 7) is 0. The van der Waals surface area contributed by atoms with Crippen LogP contribution in [0.5, 0.6) is 0 Å². The summed E-state index contributed by atoms with van der Waals surface area (Å²) in [5.74, 6) is 1.80. The molecule has 0 spiro atoms. The van der Waals surface area contributed by atoms with Crippen LogP contribution in [0.25, 0.3) is 11.4 Å². The minimum Gasteiger partial charge on any atom is -0.313 e. The van der Waals surface area contributed by atoms with Crippen LogP contribution in [0.2, 0.25) is 5.02 Å². The highest BCUT2D eigenvalue weighted by Gasteiger charge is 2.12. The zero-order chi connectivity index (χ0) is 11.7. The van der Waals surface area contributed by atoms with Crippen molar-refractivity contribution >= 4 is 39.1 Å². The molecule has 0 bridgehead atoms. The van der Waals surface area contributed by atoms with Crippen molar-refractivity contribution in [3.05, 3.63) is 33.5 Å². The van der Waals surface area contributed by atoms with Gasteiger partial charge in [0.2, 0.25) is 0 Å². The lowest BCUT2D eigenvalue weighted by molar-refractivity contribution is 0.853. The first kappa shape index (κ1) is 11.9. The van der Waals surface area contributed by atoms with Crippen molar-refractivity contribution in [2.45, 2.75) is 5.88 Å². The normalized spacial score (nSPS) is 10.8. The third-order valence-corrected chi connectivity index (χ3v) is 3.42. The maximum Gasteiger partial charge on any atom is 0.164 e. The minimum atomic E-state index is 0.335. The van der Waals surface area contributed by atoms with E-state index in [1.807, 2.05) is 29.8 Å². The molecule has 0 N–H and O–H groups in total. The van der Waals surface area contributed by atoms with E-state index in [0.717, 1.165) is 21.7 Å². The Hall–Kier alpha value is -0.580. The molecule has 0 aliphatic carbocycles. The first-order valence-corrected chi connectivity index (χ1v) is 6.23. The lowest BCUT2D eigenvalue weighted by Gasteiger charge is -2.05. The molecule has 0 aliphatic heterocycles. The quantitative estimate of drug-likeness (QED) is 0.791. The van der Waals surface area contributed by atoms with Crippen LogP contribution in [0.1, 0.15) is 5.82 Å². The van der Waals surface area contributed by atoms with Gasteiger partial charge in [-0.1, -0.05) is 27.5 Å². The fraction of sp³-hybridized carbons (Fsp3) is 0.200. The number of rotatable bonds is 2. The Kier molecular flexibility index (Phi) is 3.52. The van der Waals surface area contributed by atoms with Gasteiger partial charge in [0.15, 0.2) is 5.82 Å². The Balaban J connectivity index is 2.58. The molecule has 16 heavy (non-hydrogen) atoms. The molecule has 3 nitrogen and oxygen atoms in total. The van der Waals surface area contributed by atoms with Crippen molar-refractivity contribution in [1.29, 1.82) is 0 Å². The van der Waals surface area contributed by atoms with E-state index in [4.69, 9.17) is 23.2 Å². The number of hydrogen-bond donors (Lipinski definition) is 0. The number of nitrogens with zero attached hydrogens (tertiary/aromatic N) is 3. The van der Waals surface area contributed by atoms with Gasteiger partial charge in [0.05, 0.1) is 5.88 Å². The van der Waals surface area contributed by atoms with Crippen LogP contribution < -0.4 is 0 Å². The number of alkyl halides is 1. The molecule has 84 valence electrons. The summed E-state index contributed by atoms with van der Waals surface area (Å²) < 4.78 is 2.78. The van der Waals surface area contributed by atoms with Gasteiger partial charge >= 0.3 is 0 Å². The van der Waals surface area contributed by atoms with Gasteiger partial charge in [0.1, 0.15) is 5.82 Å². The summed E-state index contributed by atoms with van der Waals surface area (Å²) in [5, 5.41) is 8.76. The standard InChI is InChI=1S/C10H8BrCl2N3/c1-16-9(5-12)14-15-10(16)7-4-6(13)2-3-8(7)11/h2-4H,5H2,1H3. The largest absolute Gasteiger partial charge is 0.313 e. The molecule has 1 aromatic carbocycles. The molecule has 0 fully saturated rings. The number of benzene rings is 1. The average Bonchev–Trinajstić information content (AvgIpc) is 2.63. The molecule has 0 unspecified atom stereocenters. The Morgan fingerprint density at radius 2 is 2.12 bits per heavy atom. The molecule has 0 atom stereocenters. The second kappa shape index (κ2) is 4.73. The maximum absolute atomic E-state index is 5.96. The lowest BCUT2D eigenvalue weighted by atomic mass is 10.2. The van der Waals surface area contributed by atoms with E-state index in [0.29, 0.717) is 10.9 Å². The Morgan fingerprint density at radius 3 is 2.75 bits per heavy atom. The summed E-state index contributed by atoms with van der Waals surface area (Å²) >= 11 is 15.2. The average molecular weight is 321 g/mol. The molecule has 1 heterocycles. The summed E-state index contributed by atoms with van der Waals surface area (Å²) in [6, 6.07) is 5.54. The van der Waals surface area contributed by atoms with E-state index in [1.54, 1.807) is 0 Å². The summed E-state index contributed by atoms with van der Waals surface area (Å²) in [6.07, 6.45) is 0. The van der Waals surface area contributed by atoms with E-state index in [9.17, 15) is 0 Å². The second-order valence-electron chi connectivity index (χ2n) is 3.26. The van der Waals surface area contributed by atoms with E-state index in [1.165, 1.54) is 0 Å². The number of hydrogen-bond acceptors (Lipinski definition) is 2. The van der Waals surface area contributed by atoms with Gasteiger partial charge in [-0.3, -0.25) is 0 Å². The molecule has 0 saturated carbocycles. The van der Waals surface area contributed by atoms with E-state index < -0.39 is 0 Å². The van der Waals surface area contributed by atoms with Crippen LogP contribution in [0, 0.1) is 0 Å². The first-order valence-electron chi connectivity index (χ1n) is 4.53. The van der Waals surface area contributed by atoms with Crippen LogP contribution in [-0.2, 0) is 12.9 Å². The van der Waals surface area contributed by atoms with E-state index in [2.05, 4.69) is 26.1 Å². The highest BCUT2D eigenvalue weighted by Crippen LogP contribution is 2.29. The van der Waals surface area contributed by atoms with Crippen LogP contribution in [0.4, 0.5) is 0 Å². The van der Waals surface area contributed by atoms with Gasteiger partial charge < -0.3 is 4.57 Å². The van der Waals surface area contributed by atoms with Crippen LogP contribution in [-0.4, -0.2) is 14.8 Å². The fourth-order valence-electron chi connectivity index (χ4n) is 1.38. The molecule has 1 aromatic heterocycles. The number of aromatic nitrogens is 3. The van der Waals surface area contributed by atoms with Crippen molar-refractivity contribution in [2.75, 3.05) is 0 Å². The predicted molar refractivity (Wildman–Crippen MR) is 68.7 cm³/mol. The SMILES string of the molecule is Cn1c(CCl)nnc1-c1cc(Cl)ccc1Br. The molecule has 2 rings (SSSR count). The molecular formula is C10H8BrCl2N3. The Labute approximate surface area is 112 Å². The van der Waals surface area contributed by atoms with Crippen LogP contribution in [0.15, 0.2) is 22.7 Å². The van der Waals surface area contributed by atoms with Gasteiger partial charge in [0, 0.05) is 22.1 Å². The van der Waals surface area contributed by atoms with Crippen molar-refractivity contribution in [2.24, 2.45) is 7.05 Å². The lowest BCUT2D eigenvalue weighted by Crippen LogP contribution is -1.97. The van der Waals surface area contributed by atoms with Gasteiger partial charge in [0.25, 0.3) is 0 Å². The van der Waals surface area contributed by atoms with Crippen LogP contribution in [0.3, 0.4) is 0 Å². The topological polar surface area (TPSA) is 30.7 Å². The second-order valence-corrected chi connectivity index (χ2v) is 4.81. The van der Waals surface area contributed by atoms with Gasteiger partial charge in [-0.05, 0) is 18.2 Å². The third kappa shape index (κ3) is 2.10. The molecule has 0 aliphatic rings. The summed E-state index contributed by atoms with van der Waals surface area (Å²) in [7, 11) is 1.88. The highest BCUT2D eigenvalue weighted by molar-refractivity contribution is 9.10. The molecule has 0 radical (unpaired) electrons. The first-order chi connectivity index (χ1) is 7.63. The predicted octanol–water partition coefficient (Wildman–Crippen LogP) is 3.64. The summed E-state index contributed by atoms with van der Waals surface area (Å²) in [4.78, 5) is 0. The molecule has 2 aromatic rings. The van der Waals surface area contributed by atoms with E-state index in [-0.39, 0.29) is 0 Å². The summed E-state index contributed by atoms with van der Waals surface area (Å²) in [5.41, 5.74) is 0.902. The molecular weight excluding hydrogens is 313 g/mol. The molecule has 0 saturated heterocycles. The maximum atomic E-state index is 5.96. The van der Waals surface area contributed by atoms with E-state index >= 15 is 0 Å². The Morgan fingerprint density at radius 1 is 1.38 bits per heavy atom. The van der Waals surface area contributed by atoms with Crippen molar-refractivity contribution in [3.8, 4) is 11.4 Å². The van der Waals surface area contributed by atoms with Crippen molar-refractivity contribution in [1.82, 2.24) is 14.8 Å². The van der Waals surface area contributed by atoms with Gasteiger partial charge in [-0.25, -0.2) is 0 Å².